The van der Waals surface area contributed by atoms with Gasteiger partial charge in [0.1, 0.15) is 12.4 Å². The summed E-state index contributed by atoms with van der Waals surface area (Å²) >= 11 is 0. The van der Waals surface area contributed by atoms with Gasteiger partial charge in [0.25, 0.3) is 0 Å². The molecule has 0 aliphatic carbocycles. The highest BCUT2D eigenvalue weighted by Gasteiger charge is 2.10. The van der Waals surface area contributed by atoms with E-state index in [1.165, 1.54) is 0 Å². The van der Waals surface area contributed by atoms with Crippen molar-refractivity contribution in [1.82, 2.24) is 15.5 Å². The third kappa shape index (κ3) is 12.5. The molecule has 1 aromatic rings. The molecule has 31 heavy (non-hydrogen) atoms. The minimum absolute atomic E-state index is 0. The Balaban J connectivity index is 0.00000480. The Morgan fingerprint density at radius 1 is 1.13 bits per heavy atom. The second-order valence-electron chi connectivity index (χ2n) is 7.83. The van der Waals surface area contributed by atoms with Crippen molar-refractivity contribution in [2.24, 2.45) is 10.9 Å². The molecule has 1 aromatic carbocycles. The lowest BCUT2D eigenvalue weighted by atomic mass is 10.1. The van der Waals surface area contributed by atoms with Crippen LogP contribution in [0.2, 0.25) is 0 Å². The minimum Gasteiger partial charge on any atom is -0.492 e. The fourth-order valence-corrected chi connectivity index (χ4v) is 3.05. The molecule has 178 valence electrons. The van der Waals surface area contributed by atoms with Crippen molar-refractivity contribution in [3.63, 3.8) is 0 Å². The standard InChI is InChI=1S/C23H40N4O3.HI/c1-4-24-23(25-10-15-28-14-9-20(2)3)26-19-21-7-5-6-8-22(21)30-18-13-27-11-16-29-17-12-27;/h5-8,20H,4,9-19H2,1-3H3,(H2,24,25,26);1H. The normalized spacial score (nSPS) is 14.9. The van der Waals surface area contributed by atoms with Gasteiger partial charge in [-0.1, -0.05) is 32.0 Å². The number of benzene rings is 1. The molecule has 2 rings (SSSR count). The van der Waals surface area contributed by atoms with Crippen LogP contribution in [0.25, 0.3) is 0 Å². The summed E-state index contributed by atoms with van der Waals surface area (Å²) in [6.07, 6.45) is 1.09. The average molecular weight is 549 g/mol. The number of rotatable bonds is 13. The SMILES string of the molecule is CCNC(=NCc1ccccc1OCCN1CCOCC1)NCCOCCC(C)C.I. The lowest BCUT2D eigenvalue weighted by Crippen LogP contribution is -2.39. The molecule has 0 radical (unpaired) electrons. The van der Waals surface area contributed by atoms with Crippen LogP contribution in [0, 0.1) is 5.92 Å². The molecule has 7 nitrogen and oxygen atoms in total. The number of hydrogen-bond donors (Lipinski definition) is 2. The fraction of sp³-hybridized carbons (Fsp3) is 0.696. The summed E-state index contributed by atoms with van der Waals surface area (Å²) in [6.45, 7) is 15.3. The van der Waals surface area contributed by atoms with Gasteiger partial charge in [0.05, 0.1) is 26.4 Å². The van der Waals surface area contributed by atoms with Crippen molar-refractivity contribution >= 4 is 29.9 Å². The Bertz CT molecular complexity index is 610. The van der Waals surface area contributed by atoms with E-state index >= 15 is 0 Å². The summed E-state index contributed by atoms with van der Waals surface area (Å²) in [5, 5.41) is 6.63. The average Bonchev–Trinajstić information content (AvgIpc) is 2.75. The van der Waals surface area contributed by atoms with E-state index in [4.69, 9.17) is 19.2 Å². The van der Waals surface area contributed by atoms with E-state index in [0.717, 1.165) is 76.2 Å². The van der Waals surface area contributed by atoms with Gasteiger partial charge in [-0.25, -0.2) is 4.99 Å². The number of guanidine groups is 1. The van der Waals surface area contributed by atoms with Crippen LogP contribution in [0.5, 0.6) is 5.75 Å². The van der Waals surface area contributed by atoms with Gasteiger partial charge in [0.2, 0.25) is 0 Å². The Hall–Kier alpha value is -1.10. The quantitative estimate of drug-likeness (QED) is 0.171. The van der Waals surface area contributed by atoms with Gasteiger partial charge in [0, 0.05) is 44.9 Å². The molecule has 1 aliphatic rings. The molecule has 0 aromatic heterocycles. The monoisotopic (exact) mass is 548 g/mol. The number of nitrogens with zero attached hydrogens (tertiary/aromatic N) is 2. The first-order valence-electron chi connectivity index (χ1n) is 11.3. The van der Waals surface area contributed by atoms with Gasteiger partial charge in [0.15, 0.2) is 5.96 Å². The third-order valence-corrected chi connectivity index (χ3v) is 4.87. The highest BCUT2D eigenvalue weighted by atomic mass is 127. The summed E-state index contributed by atoms with van der Waals surface area (Å²) in [5.74, 6) is 2.38. The Morgan fingerprint density at radius 2 is 1.90 bits per heavy atom. The zero-order valence-corrected chi connectivity index (χ0v) is 21.7. The van der Waals surface area contributed by atoms with E-state index in [1.54, 1.807) is 0 Å². The zero-order chi connectivity index (χ0) is 21.4. The van der Waals surface area contributed by atoms with Gasteiger partial charge in [-0.3, -0.25) is 4.90 Å². The number of ether oxygens (including phenoxy) is 3. The molecular formula is C23H41IN4O3. The lowest BCUT2D eigenvalue weighted by Gasteiger charge is -2.26. The smallest absolute Gasteiger partial charge is 0.191 e. The lowest BCUT2D eigenvalue weighted by molar-refractivity contribution is 0.0322. The summed E-state index contributed by atoms with van der Waals surface area (Å²) in [6, 6.07) is 8.14. The van der Waals surface area contributed by atoms with E-state index in [-0.39, 0.29) is 24.0 Å². The number of para-hydroxylation sites is 1. The minimum atomic E-state index is 0. The predicted molar refractivity (Wildman–Crippen MR) is 138 cm³/mol. The molecule has 1 fully saturated rings. The molecule has 1 aliphatic heterocycles. The molecule has 0 atom stereocenters. The van der Waals surface area contributed by atoms with Gasteiger partial charge >= 0.3 is 0 Å². The van der Waals surface area contributed by atoms with Gasteiger partial charge in [-0.15, -0.1) is 24.0 Å². The molecule has 0 saturated carbocycles. The Labute approximate surface area is 205 Å². The second kappa shape index (κ2) is 17.5. The number of nitrogens with one attached hydrogen (secondary N) is 2. The van der Waals surface area contributed by atoms with Crippen molar-refractivity contribution in [2.45, 2.75) is 33.7 Å². The van der Waals surface area contributed by atoms with Crippen LogP contribution < -0.4 is 15.4 Å². The van der Waals surface area contributed by atoms with E-state index in [9.17, 15) is 0 Å². The largest absolute Gasteiger partial charge is 0.492 e. The van der Waals surface area contributed by atoms with Crippen molar-refractivity contribution in [3.8, 4) is 5.75 Å². The molecular weight excluding hydrogens is 507 g/mol. The van der Waals surface area contributed by atoms with Crippen LogP contribution in [0.15, 0.2) is 29.3 Å². The maximum atomic E-state index is 6.06. The molecule has 1 heterocycles. The van der Waals surface area contributed by atoms with Crippen LogP contribution in [-0.4, -0.2) is 76.6 Å². The van der Waals surface area contributed by atoms with Gasteiger partial charge in [-0.05, 0) is 25.3 Å². The Morgan fingerprint density at radius 3 is 2.65 bits per heavy atom. The van der Waals surface area contributed by atoms with Crippen molar-refractivity contribution in [1.29, 1.82) is 0 Å². The second-order valence-corrected chi connectivity index (χ2v) is 7.83. The summed E-state index contributed by atoms with van der Waals surface area (Å²) in [5.41, 5.74) is 1.09. The topological polar surface area (TPSA) is 67.4 Å². The molecule has 8 heteroatoms. The molecule has 0 amide bonds. The molecule has 2 N–H and O–H groups in total. The zero-order valence-electron chi connectivity index (χ0n) is 19.4. The van der Waals surface area contributed by atoms with Crippen LogP contribution >= 0.6 is 24.0 Å². The molecule has 0 bridgehead atoms. The van der Waals surface area contributed by atoms with E-state index in [2.05, 4.69) is 42.4 Å². The van der Waals surface area contributed by atoms with Crippen LogP contribution in [0.1, 0.15) is 32.8 Å². The van der Waals surface area contributed by atoms with Gasteiger partial charge < -0.3 is 24.8 Å². The summed E-state index contributed by atoms with van der Waals surface area (Å²) < 4.78 is 17.1. The maximum Gasteiger partial charge on any atom is 0.191 e. The number of morpholine rings is 1. The Kier molecular flexibility index (Phi) is 15.7. The first kappa shape index (κ1) is 27.9. The van der Waals surface area contributed by atoms with Crippen LogP contribution in [0.3, 0.4) is 0 Å². The molecule has 1 saturated heterocycles. The maximum absolute atomic E-state index is 6.06. The first-order valence-corrected chi connectivity index (χ1v) is 11.3. The van der Waals surface area contributed by atoms with Gasteiger partial charge in [-0.2, -0.15) is 0 Å². The number of hydrogen-bond acceptors (Lipinski definition) is 5. The van der Waals surface area contributed by atoms with Crippen LogP contribution in [0.4, 0.5) is 0 Å². The van der Waals surface area contributed by atoms with E-state index in [1.807, 2.05) is 18.2 Å². The highest BCUT2D eigenvalue weighted by Crippen LogP contribution is 2.19. The van der Waals surface area contributed by atoms with Crippen molar-refractivity contribution < 1.29 is 14.2 Å². The van der Waals surface area contributed by atoms with E-state index < -0.39 is 0 Å². The number of aliphatic imine (C=N–C) groups is 1. The summed E-state index contributed by atoms with van der Waals surface area (Å²) in [4.78, 5) is 7.10. The van der Waals surface area contributed by atoms with Crippen molar-refractivity contribution in [2.75, 3.05) is 65.8 Å². The number of halogens is 1. The fourth-order valence-electron chi connectivity index (χ4n) is 3.05. The predicted octanol–water partition coefficient (Wildman–Crippen LogP) is 3.13. The van der Waals surface area contributed by atoms with Crippen molar-refractivity contribution in [3.05, 3.63) is 29.8 Å². The first-order chi connectivity index (χ1) is 14.7. The summed E-state index contributed by atoms with van der Waals surface area (Å²) in [7, 11) is 0. The molecule has 0 spiro atoms. The van der Waals surface area contributed by atoms with E-state index in [0.29, 0.717) is 25.7 Å². The van der Waals surface area contributed by atoms with Crippen LogP contribution in [-0.2, 0) is 16.0 Å². The highest BCUT2D eigenvalue weighted by molar-refractivity contribution is 14.0. The molecule has 0 unspecified atom stereocenters. The third-order valence-electron chi connectivity index (χ3n) is 4.87.